The van der Waals surface area contributed by atoms with Crippen LogP contribution in [-0.2, 0) is 13.6 Å². The van der Waals surface area contributed by atoms with Gasteiger partial charge in [0.1, 0.15) is 12.2 Å². The number of benzene rings is 1. The van der Waals surface area contributed by atoms with Crippen LogP contribution in [0.5, 0.6) is 0 Å². The third-order valence-corrected chi connectivity index (χ3v) is 5.04. The van der Waals surface area contributed by atoms with E-state index in [1.165, 1.54) is 29.9 Å². The number of hydrogen-bond acceptors (Lipinski definition) is 2. The van der Waals surface area contributed by atoms with Crippen molar-refractivity contribution in [3.8, 4) is 0 Å². The van der Waals surface area contributed by atoms with Crippen molar-refractivity contribution in [3.05, 3.63) is 59.8 Å². The maximum absolute atomic E-state index is 2.59. The Morgan fingerprint density at radius 2 is 1.90 bits per heavy atom. The second-order valence-corrected chi connectivity index (χ2v) is 6.18. The summed E-state index contributed by atoms with van der Waals surface area (Å²) in [7, 11) is 2.14. The number of rotatable bonds is 1. The van der Waals surface area contributed by atoms with E-state index in [-0.39, 0.29) is 0 Å². The van der Waals surface area contributed by atoms with Crippen LogP contribution in [0.1, 0.15) is 30.5 Å². The maximum Gasteiger partial charge on any atom is 0.278 e. The third-order valence-electron chi connectivity index (χ3n) is 5.04. The molecular formula is C18H22N3+. The van der Waals surface area contributed by atoms with Crippen LogP contribution in [0.25, 0.3) is 0 Å². The lowest BCUT2D eigenvalue weighted by Crippen LogP contribution is -2.54. The number of fused-ring (bicyclic) bond motifs is 2. The van der Waals surface area contributed by atoms with Gasteiger partial charge in [0, 0.05) is 31.1 Å². The predicted octanol–water partition coefficient (Wildman–Crippen LogP) is 2.62. The number of pyridine rings is 1. The Kier molecular flexibility index (Phi) is 2.96. The summed E-state index contributed by atoms with van der Waals surface area (Å²) < 4.78 is 2.24. The lowest BCUT2D eigenvalue weighted by molar-refractivity contribution is -0.659. The van der Waals surface area contributed by atoms with Crippen molar-refractivity contribution in [2.75, 3.05) is 11.4 Å². The summed E-state index contributed by atoms with van der Waals surface area (Å²) in [6.45, 7) is 4.60. The molecule has 1 aromatic heterocycles. The van der Waals surface area contributed by atoms with Crippen molar-refractivity contribution in [3.63, 3.8) is 0 Å². The Labute approximate surface area is 126 Å². The first-order valence-corrected chi connectivity index (χ1v) is 7.80. The summed E-state index contributed by atoms with van der Waals surface area (Å²) in [5.41, 5.74) is 3.00. The molecule has 3 aliphatic heterocycles. The fourth-order valence-corrected chi connectivity index (χ4v) is 3.92. The molecule has 5 rings (SSSR count). The molecule has 2 aromatic rings. The third kappa shape index (κ3) is 1.95. The molecule has 0 amide bonds. The van der Waals surface area contributed by atoms with Gasteiger partial charge in [-0.1, -0.05) is 30.3 Å². The van der Waals surface area contributed by atoms with Gasteiger partial charge >= 0.3 is 0 Å². The molecule has 1 aromatic carbocycles. The molecule has 3 aliphatic rings. The molecule has 3 atom stereocenters. The number of nitrogens with zero attached hydrogens (tertiary/aromatic N) is 3. The smallest absolute Gasteiger partial charge is 0.261 e. The highest BCUT2D eigenvalue weighted by Gasteiger charge is 2.44. The molecule has 21 heavy (non-hydrogen) atoms. The number of hydrogen-bond donors (Lipinski definition) is 0. The zero-order valence-corrected chi connectivity index (χ0v) is 12.7. The summed E-state index contributed by atoms with van der Waals surface area (Å²) in [5, 5.41) is 0. The normalized spacial score (nSPS) is 27.3. The molecule has 0 spiro atoms. The van der Waals surface area contributed by atoms with Crippen LogP contribution in [-0.4, -0.2) is 17.6 Å². The highest BCUT2D eigenvalue weighted by molar-refractivity contribution is 5.45. The van der Waals surface area contributed by atoms with Crippen LogP contribution in [0.15, 0.2) is 48.7 Å². The number of anilines is 1. The molecule has 3 unspecified atom stereocenters. The van der Waals surface area contributed by atoms with Gasteiger partial charge < -0.3 is 0 Å². The van der Waals surface area contributed by atoms with Crippen molar-refractivity contribution in [1.82, 2.24) is 4.90 Å². The minimum absolute atomic E-state index is 0.435. The van der Waals surface area contributed by atoms with Crippen molar-refractivity contribution < 1.29 is 4.57 Å². The highest BCUT2D eigenvalue weighted by Crippen LogP contribution is 2.40. The van der Waals surface area contributed by atoms with Crippen LogP contribution in [0.4, 0.5) is 5.82 Å². The zero-order chi connectivity index (χ0) is 14.4. The van der Waals surface area contributed by atoms with E-state index in [0.29, 0.717) is 12.2 Å². The fraction of sp³-hybridized carbons (Fsp3) is 0.389. The van der Waals surface area contributed by atoms with Gasteiger partial charge in [0.2, 0.25) is 0 Å². The average Bonchev–Trinajstić information content (AvgIpc) is 2.75. The van der Waals surface area contributed by atoms with Gasteiger partial charge in [0.15, 0.2) is 0 Å². The lowest BCUT2D eigenvalue weighted by atomic mass is 9.97. The van der Waals surface area contributed by atoms with E-state index >= 15 is 0 Å². The van der Waals surface area contributed by atoms with Crippen LogP contribution < -0.4 is 9.47 Å². The topological polar surface area (TPSA) is 10.4 Å². The lowest BCUT2D eigenvalue weighted by Gasteiger charge is -2.40. The molecule has 0 aliphatic carbocycles. The second-order valence-electron chi connectivity index (χ2n) is 6.18. The van der Waals surface area contributed by atoms with Crippen LogP contribution in [0.2, 0.25) is 0 Å². The van der Waals surface area contributed by atoms with Gasteiger partial charge in [-0.2, -0.15) is 0 Å². The van der Waals surface area contributed by atoms with Gasteiger partial charge in [0.05, 0.1) is 13.2 Å². The fourth-order valence-electron chi connectivity index (χ4n) is 3.92. The number of aromatic nitrogens is 1. The first-order chi connectivity index (χ1) is 10.3. The quantitative estimate of drug-likeness (QED) is 0.743. The van der Waals surface area contributed by atoms with E-state index in [2.05, 4.69) is 77.0 Å². The minimum atomic E-state index is 0.435. The van der Waals surface area contributed by atoms with Crippen molar-refractivity contribution in [1.29, 1.82) is 0 Å². The van der Waals surface area contributed by atoms with Crippen LogP contribution >= 0.6 is 0 Å². The summed E-state index contributed by atoms with van der Waals surface area (Å²) in [4.78, 5) is 5.19. The Balaban J connectivity index is 1.87. The van der Waals surface area contributed by atoms with Gasteiger partial charge in [-0.3, -0.25) is 4.90 Å². The van der Waals surface area contributed by atoms with E-state index in [9.17, 15) is 0 Å². The molecule has 0 saturated carbocycles. The molecule has 1 saturated heterocycles. The average molecular weight is 280 g/mol. The van der Waals surface area contributed by atoms with E-state index in [1.54, 1.807) is 0 Å². The summed E-state index contributed by atoms with van der Waals surface area (Å²) >= 11 is 0. The maximum atomic E-state index is 2.59. The molecule has 0 N–H and O–H groups in total. The summed E-state index contributed by atoms with van der Waals surface area (Å²) in [5.74, 6) is 1.30. The van der Waals surface area contributed by atoms with Gasteiger partial charge in [-0.05, 0) is 18.6 Å². The van der Waals surface area contributed by atoms with Gasteiger partial charge in [0.25, 0.3) is 5.82 Å². The standard InChI is InChI=1S/C18H22N3/c1-14-20-12-10-17(16-8-4-3-7-15(16)13-20)21(14)18-9-5-6-11-19(18)2/h3-9,11,14,17H,10,12-13H2,1-2H3/q+1. The Morgan fingerprint density at radius 3 is 2.76 bits per heavy atom. The minimum Gasteiger partial charge on any atom is -0.261 e. The molecular weight excluding hydrogens is 258 g/mol. The number of aryl methyl sites for hydroxylation is 1. The molecule has 3 nitrogen and oxygen atoms in total. The molecule has 0 radical (unpaired) electrons. The molecule has 2 bridgehead atoms. The Bertz CT molecular complexity index is 667. The molecule has 4 heterocycles. The Hall–Kier alpha value is -1.87. The SMILES string of the molecule is CC1N2CCC(c3ccccc3C2)N1c1cccc[n+]1C. The highest BCUT2D eigenvalue weighted by atomic mass is 15.4. The van der Waals surface area contributed by atoms with Gasteiger partial charge in [-0.15, -0.1) is 0 Å². The monoisotopic (exact) mass is 280 g/mol. The van der Waals surface area contributed by atoms with E-state index in [0.717, 1.165) is 6.54 Å². The second kappa shape index (κ2) is 4.85. The Morgan fingerprint density at radius 1 is 1.10 bits per heavy atom. The first kappa shape index (κ1) is 12.8. The van der Waals surface area contributed by atoms with Gasteiger partial charge in [-0.25, -0.2) is 9.47 Å². The van der Waals surface area contributed by atoms with Crippen LogP contribution in [0.3, 0.4) is 0 Å². The predicted molar refractivity (Wildman–Crippen MR) is 83.8 cm³/mol. The summed E-state index contributed by atoms with van der Waals surface area (Å²) in [6, 6.07) is 15.9. The van der Waals surface area contributed by atoms with Crippen LogP contribution in [0, 0.1) is 0 Å². The van der Waals surface area contributed by atoms with E-state index in [1.807, 2.05) is 0 Å². The largest absolute Gasteiger partial charge is 0.278 e. The van der Waals surface area contributed by atoms with Crippen molar-refractivity contribution in [2.45, 2.75) is 32.1 Å². The first-order valence-electron chi connectivity index (χ1n) is 7.80. The van der Waals surface area contributed by atoms with Crippen molar-refractivity contribution >= 4 is 5.82 Å². The van der Waals surface area contributed by atoms with E-state index in [4.69, 9.17) is 0 Å². The van der Waals surface area contributed by atoms with E-state index < -0.39 is 0 Å². The zero-order valence-electron chi connectivity index (χ0n) is 12.7. The molecule has 108 valence electrons. The summed E-state index contributed by atoms with van der Waals surface area (Å²) in [6.07, 6.45) is 3.78. The molecule has 1 fully saturated rings. The molecule has 3 heteroatoms. The van der Waals surface area contributed by atoms with Crippen molar-refractivity contribution in [2.24, 2.45) is 7.05 Å².